The van der Waals surface area contributed by atoms with E-state index in [1.54, 1.807) is 11.0 Å². The number of amides is 1. The minimum atomic E-state index is -1.00. The summed E-state index contributed by atoms with van der Waals surface area (Å²) in [5, 5.41) is 11.0. The van der Waals surface area contributed by atoms with Crippen LogP contribution in [0.25, 0.3) is 0 Å². The van der Waals surface area contributed by atoms with E-state index in [1.165, 1.54) is 25.1 Å². The summed E-state index contributed by atoms with van der Waals surface area (Å²) in [5.41, 5.74) is 1.64. The quantitative estimate of drug-likeness (QED) is 0.431. The first-order valence-electron chi connectivity index (χ1n) is 8.85. The fraction of sp³-hybridized carbons (Fsp3) is 0.300. The molecule has 1 aliphatic rings. The zero-order valence-corrected chi connectivity index (χ0v) is 15.5. The maximum atomic E-state index is 12.8. The van der Waals surface area contributed by atoms with E-state index in [0.717, 1.165) is 17.7 Å². The smallest absolute Gasteiger partial charge is 0.344 e. The minimum absolute atomic E-state index is 0.0331. The molecule has 0 aliphatic carbocycles. The van der Waals surface area contributed by atoms with Crippen LogP contribution in [0.5, 0.6) is 5.75 Å². The van der Waals surface area contributed by atoms with Gasteiger partial charge in [0.25, 0.3) is 5.91 Å². The lowest BCUT2D eigenvalue weighted by Gasteiger charge is -2.25. The zero-order valence-electron chi connectivity index (χ0n) is 15.5. The summed E-state index contributed by atoms with van der Waals surface area (Å²) >= 11 is 0. The first kappa shape index (κ1) is 19.3. The third-order valence-corrected chi connectivity index (χ3v) is 4.51. The van der Waals surface area contributed by atoms with Gasteiger partial charge in [-0.15, -0.1) is 0 Å². The fourth-order valence-corrected chi connectivity index (χ4v) is 3.25. The molecule has 28 heavy (non-hydrogen) atoms. The lowest BCUT2D eigenvalue weighted by molar-refractivity contribution is -0.385. The van der Waals surface area contributed by atoms with Gasteiger partial charge < -0.3 is 14.4 Å². The molecule has 2 aromatic carbocycles. The SMILES string of the molecule is C[C@H](OC(=O)COc1ccccc1[N+](=O)[O-])C(=O)N1c2ccccc2C[C@H]1C. The summed E-state index contributed by atoms with van der Waals surface area (Å²) in [6.07, 6.45) is -0.265. The minimum Gasteiger partial charge on any atom is -0.475 e. The van der Waals surface area contributed by atoms with Crippen molar-refractivity contribution in [1.29, 1.82) is 0 Å². The number of esters is 1. The molecule has 3 rings (SSSR count). The highest BCUT2D eigenvalue weighted by Crippen LogP contribution is 2.32. The molecule has 0 radical (unpaired) electrons. The second kappa shape index (κ2) is 8.08. The van der Waals surface area contributed by atoms with Crippen molar-refractivity contribution in [2.45, 2.75) is 32.4 Å². The van der Waals surface area contributed by atoms with Crippen molar-refractivity contribution < 1.29 is 24.0 Å². The van der Waals surface area contributed by atoms with Gasteiger partial charge in [-0.1, -0.05) is 30.3 Å². The second-order valence-corrected chi connectivity index (χ2v) is 6.54. The van der Waals surface area contributed by atoms with Gasteiger partial charge in [-0.2, -0.15) is 0 Å². The van der Waals surface area contributed by atoms with Crippen molar-refractivity contribution in [3.05, 3.63) is 64.2 Å². The molecule has 0 N–H and O–H groups in total. The van der Waals surface area contributed by atoms with E-state index >= 15 is 0 Å². The predicted octanol–water partition coefficient (Wildman–Crippen LogP) is 2.88. The summed E-state index contributed by atoms with van der Waals surface area (Å²) in [7, 11) is 0. The van der Waals surface area contributed by atoms with E-state index in [-0.39, 0.29) is 23.4 Å². The number of carbonyl (C=O) groups excluding carboxylic acids is 2. The van der Waals surface area contributed by atoms with Crippen LogP contribution in [0.2, 0.25) is 0 Å². The highest BCUT2D eigenvalue weighted by atomic mass is 16.6. The van der Waals surface area contributed by atoms with E-state index < -0.39 is 23.6 Å². The van der Waals surface area contributed by atoms with Crippen LogP contribution >= 0.6 is 0 Å². The Hall–Kier alpha value is -3.42. The Morgan fingerprint density at radius 3 is 2.64 bits per heavy atom. The number of fused-ring (bicyclic) bond motifs is 1. The molecular weight excluding hydrogens is 364 g/mol. The van der Waals surface area contributed by atoms with Crippen molar-refractivity contribution in [3.8, 4) is 5.75 Å². The normalized spacial score (nSPS) is 16.2. The van der Waals surface area contributed by atoms with Crippen LogP contribution in [0.15, 0.2) is 48.5 Å². The number of rotatable bonds is 6. The van der Waals surface area contributed by atoms with Gasteiger partial charge in [0.1, 0.15) is 0 Å². The monoisotopic (exact) mass is 384 g/mol. The van der Waals surface area contributed by atoms with E-state index in [4.69, 9.17) is 9.47 Å². The summed E-state index contributed by atoms with van der Waals surface area (Å²) in [4.78, 5) is 36.9. The highest BCUT2D eigenvalue weighted by Gasteiger charge is 2.34. The number of hydrogen-bond donors (Lipinski definition) is 0. The van der Waals surface area contributed by atoms with E-state index in [9.17, 15) is 19.7 Å². The lowest BCUT2D eigenvalue weighted by atomic mass is 10.1. The average Bonchev–Trinajstić information content (AvgIpc) is 3.01. The number of hydrogen-bond acceptors (Lipinski definition) is 6. The van der Waals surface area contributed by atoms with Crippen LogP contribution in [0.3, 0.4) is 0 Å². The van der Waals surface area contributed by atoms with Crippen LogP contribution in [0.4, 0.5) is 11.4 Å². The molecular formula is C20H20N2O6. The Kier molecular flexibility index (Phi) is 5.58. The van der Waals surface area contributed by atoms with Gasteiger partial charge in [0.15, 0.2) is 18.5 Å². The van der Waals surface area contributed by atoms with Gasteiger partial charge >= 0.3 is 11.7 Å². The molecule has 0 saturated heterocycles. The molecule has 0 saturated carbocycles. The Bertz CT molecular complexity index is 913. The van der Waals surface area contributed by atoms with Crippen LogP contribution in [-0.2, 0) is 20.7 Å². The zero-order chi connectivity index (χ0) is 20.3. The van der Waals surface area contributed by atoms with Crippen molar-refractivity contribution >= 4 is 23.3 Å². The summed E-state index contributed by atoms with van der Waals surface area (Å²) < 4.78 is 10.4. The molecule has 0 spiro atoms. The standard InChI is InChI=1S/C20H20N2O6/c1-13-11-15-7-3-4-8-16(15)21(13)20(24)14(2)28-19(23)12-27-18-10-6-5-9-17(18)22(25)26/h3-10,13-14H,11-12H2,1-2H3/t13-,14+/m1/s1. The number of para-hydroxylation sites is 3. The maximum absolute atomic E-state index is 12.8. The van der Waals surface area contributed by atoms with Crippen molar-refractivity contribution in [2.24, 2.45) is 0 Å². The van der Waals surface area contributed by atoms with E-state index in [0.29, 0.717) is 0 Å². The lowest BCUT2D eigenvalue weighted by Crippen LogP contribution is -2.43. The highest BCUT2D eigenvalue weighted by molar-refractivity contribution is 5.99. The molecule has 0 bridgehead atoms. The Morgan fingerprint density at radius 2 is 1.89 bits per heavy atom. The Labute approximate surface area is 161 Å². The Balaban J connectivity index is 1.60. The molecule has 146 valence electrons. The van der Waals surface area contributed by atoms with Crippen LogP contribution < -0.4 is 9.64 Å². The third-order valence-electron chi connectivity index (χ3n) is 4.51. The van der Waals surface area contributed by atoms with Gasteiger partial charge in [0.05, 0.1) is 4.92 Å². The molecule has 8 nitrogen and oxygen atoms in total. The fourth-order valence-electron chi connectivity index (χ4n) is 3.25. The third kappa shape index (κ3) is 3.95. The maximum Gasteiger partial charge on any atom is 0.344 e. The van der Waals surface area contributed by atoms with Gasteiger partial charge in [-0.3, -0.25) is 14.9 Å². The topological polar surface area (TPSA) is 99.0 Å². The number of carbonyl (C=O) groups is 2. The summed E-state index contributed by atoms with van der Waals surface area (Å²) in [6, 6.07) is 13.3. The molecule has 1 heterocycles. The number of anilines is 1. The van der Waals surface area contributed by atoms with E-state index in [2.05, 4.69) is 0 Å². The van der Waals surface area contributed by atoms with Gasteiger partial charge in [0, 0.05) is 17.8 Å². The van der Waals surface area contributed by atoms with Crippen molar-refractivity contribution in [3.63, 3.8) is 0 Å². The number of nitro groups is 1. The van der Waals surface area contributed by atoms with Crippen LogP contribution in [0.1, 0.15) is 19.4 Å². The average molecular weight is 384 g/mol. The number of nitro benzene ring substituents is 1. The van der Waals surface area contributed by atoms with Crippen molar-refractivity contribution in [2.75, 3.05) is 11.5 Å². The molecule has 2 aromatic rings. The van der Waals surface area contributed by atoms with E-state index in [1.807, 2.05) is 31.2 Å². The predicted molar refractivity (Wildman–Crippen MR) is 101 cm³/mol. The number of nitrogens with zero attached hydrogens (tertiary/aromatic N) is 2. The first-order valence-corrected chi connectivity index (χ1v) is 8.85. The number of ether oxygens (including phenoxy) is 2. The van der Waals surface area contributed by atoms with Gasteiger partial charge in [-0.25, -0.2) is 4.79 Å². The summed E-state index contributed by atoms with van der Waals surface area (Å²) in [6.45, 7) is 2.90. The first-order chi connectivity index (χ1) is 13.4. The molecule has 0 fully saturated rings. The largest absolute Gasteiger partial charge is 0.475 e. The summed E-state index contributed by atoms with van der Waals surface area (Å²) in [5.74, 6) is -1.14. The molecule has 1 amide bonds. The molecule has 8 heteroatoms. The van der Waals surface area contributed by atoms with Crippen LogP contribution in [-0.4, -0.2) is 35.6 Å². The van der Waals surface area contributed by atoms with Crippen molar-refractivity contribution in [1.82, 2.24) is 0 Å². The van der Waals surface area contributed by atoms with Crippen LogP contribution in [0, 0.1) is 10.1 Å². The Morgan fingerprint density at radius 1 is 1.21 bits per heavy atom. The molecule has 1 aliphatic heterocycles. The van der Waals surface area contributed by atoms with Gasteiger partial charge in [-0.05, 0) is 38.0 Å². The molecule has 0 unspecified atom stereocenters. The number of benzene rings is 2. The molecule has 0 aromatic heterocycles. The van der Waals surface area contributed by atoms with Gasteiger partial charge in [0.2, 0.25) is 0 Å². The molecule has 2 atom stereocenters. The second-order valence-electron chi connectivity index (χ2n) is 6.54.